The van der Waals surface area contributed by atoms with Crippen LogP contribution in [-0.4, -0.2) is 147 Å². The third kappa shape index (κ3) is 17.6. The van der Waals surface area contributed by atoms with Crippen LogP contribution in [0.5, 0.6) is 0 Å². The summed E-state index contributed by atoms with van der Waals surface area (Å²) < 4.78 is 95.4. The Kier molecular flexibility index (Phi) is 25.8. The van der Waals surface area contributed by atoms with Gasteiger partial charge in [-0.25, -0.2) is 86.2 Å². The van der Waals surface area contributed by atoms with E-state index in [0.717, 1.165) is 133 Å². The number of nitrogens with one attached hydrogen (secondary N) is 3. The maximum Gasteiger partial charge on any atom is 0.229 e. The summed E-state index contributed by atoms with van der Waals surface area (Å²) in [6, 6.07) is 28.1. The number of halogens is 6. The molecule has 0 radical (unpaired) electrons. The fourth-order valence-electron chi connectivity index (χ4n) is 17.3. The van der Waals surface area contributed by atoms with Gasteiger partial charge in [-0.1, -0.05) is 59.7 Å². The van der Waals surface area contributed by atoms with E-state index in [0.29, 0.717) is 68.2 Å². The number of rotatable bonds is 21. The van der Waals surface area contributed by atoms with Crippen molar-refractivity contribution >= 4 is 68.4 Å². The van der Waals surface area contributed by atoms with Crippen LogP contribution in [0.3, 0.4) is 0 Å². The largest absolute Gasteiger partial charge is 0.326 e. The predicted molar refractivity (Wildman–Crippen MR) is 453 cm³/mol. The Balaban J connectivity index is 0.000000156. The van der Waals surface area contributed by atoms with Crippen LogP contribution in [0, 0.1) is 106 Å². The molecule has 1 unspecified atom stereocenters. The van der Waals surface area contributed by atoms with E-state index in [1.54, 1.807) is 55.0 Å². The molecule has 12 aromatic rings. The summed E-state index contributed by atoms with van der Waals surface area (Å²) in [5.74, 6) is 0.391. The van der Waals surface area contributed by atoms with Crippen LogP contribution in [0.1, 0.15) is 192 Å². The van der Waals surface area contributed by atoms with Crippen LogP contribution in [-0.2, 0) is 0 Å². The molecule has 3 fully saturated rings. The lowest BCUT2D eigenvalue weighted by Crippen LogP contribution is -2.41. The van der Waals surface area contributed by atoms with Gasteiger partial charge in [0.05, 0.1) is 69.6 Å². The number of anilines is 6. The molecule has 12 heterocycles. The van der Waals surface area contributed by atoms with E-state index in [-0.39, 0.29) is 87.4 Å². The average molecular weight is 1630 g/mol. The summed E-state index contributed by atoms with van der Waals surface area (Å²) in [4.78, 5) is 59.0. The van der Waals surface area contributed by atoms with Crippen molar-refractivity contribution in [3.8, 4) is 52.0 Å². The van der Waals surface area contributed by atoms with Crippen LogP contribution >= 0.6 is 0 Å². The van der Waals surface area contributed by atoms with Gasteiger partial charge >= 0.3 is 0 Å². The van der Waals surface area contributed by atoms with Crippen LogP contribution < -0.4 is 16.0 Å². The quantitative estimate of drug-likeness (QED) is 0.0563. The summed E-state index contributed by atoms with van der Waals surface area (Å²) in [5.41, 5.74) is 4.99. The Morgan fingerprint density at radius 2 is 0.600 bits per heavy atom. The second-order valence-electron chi connectivity index (χ2n) is 32.6. The number of piperidine rings is 3. The van der Waals surface area contributed by atoms with E-state index >= 15 is 13.2 Å². The number of hydrogen-bond donors (Lipinski definition) is 3. The Labute approximate surface area is 695 Å². The van der Waals surface area contributed by atoms with E-state index in [2.05, 4.69) is 150 Å². The van der Waals surface area contributed by atoms with Crippen molar-refractivity contribution in [2.75, 3.05) is 74.9 Å². The number of fused-ring (bicyclic) bond motifs is 3. The van der Waals surface area contributed by atoms with Crippen molar-refractivity contribution in [3.05, 3.63) is 179 Å². The molecule has 0 aliphatic carbocycles. The summed E-state index contributed by atoms with van der Waals surface area (Å²) in [6.45, 7) is 38.6. The standard InChI is InChI=1S/3C30H34F2N8/c3*1-6-39-11-9-30(17-33,10-12-39)19(4)21-7-8-26(34-15-21)37-29-35-16-24(32)27(38-29)22-13-23(31)28-25(14-22)40(18(2)3)20(5)36-28/h3*7-8,13-16,18-19H,6,9-12H2,1-5H3,(H,34,35,37,38)/t2*19-;/m10./s1. The van der Waals surface area contributed by atoms with Gasteiger partial charge in [0, 0.05) is 71.2 Å². The Morgan fingerprint density at radius 1 is 0.350 bits per heavy atom. The highest BCUT2D eigenvalue weighted by atomic mass is 19.1. The summed E-state index contributed by atoms with van der Waals surface area (Å²) in [5, 5.41) is 39.3. The van der Waals surface area contributed by atoms with Gasteiger partial charge in [0.1, 0.15) is 68.6 Å². The molecular formula is C90H102F6N24. The number of benzene rings is 3. The van der Waals surface area contributed by atoms with Crippen LogP contribution in [0.15, 0.2) is 110 Å². The molecule has 0 amide bonds. The second-order valence-corrected chi connectivity index (χ2v) is 32.6. The highest BCUT2D eigenvalue weighted by Gasteiger charge is 2.43. The molecular weight excluding hydrogens is 1530 g/mol. The summed E-state index contributed by atoms with van der Waals surface area (Å²) in [6.07, 6.45) is 13.5. The zero-order valence-electron chi connectivity index (χ0n) is 70.6. The lowest BCUT2D eigenvalue weighted by Gasteiger charge is -2.40. The molecule has 3 aliphatic heterocycles. The summed E-state index contributed by atoms with van der Waals surface area (Å²) in [7, 11) is 0. The Bertz CT molecular complexity index is 5250. The molecule has 3 atom stereocenters. The van der Waals surface area contributed by atoms with Gasteiger partial charge in [-0.15, -0.1) is 0 Å². The van der Waals surface area contributed by atoms with E-state index in [1.807, 2.05) is 94.2 Å². The number of aryl methyl sites for hydroxylation is 3. The molecule has 30 heteroatoms. The van der Waals surface area contributed by atoms with E-state index in [4.69, 9.17) is 0 Å². The van der Waals surface area contributed by atoms with Crippen molar-refractivity contribution in [2.24, 2.45) is 16.2 Å². The maximum absolute atomic E-state index is 15.0. The molecule has 3 N–H and O–H groups in total. The monoisotopic (exact) mass is 1630 g/mol. The molecule has 624 valence electrons. The number of pyridine rings is 3. The van der Waals surface area contributed by atoms with E-state index in [1.165, 1.54) is 18.2 Å². The molecule has 3 aromatic carbocycles. The van der Waals surface area contributed by atoms with Gasteiger partial charge in [-0.05, 0) is 231 Å². The van der Waals surface area contributed by atoms with Crippen molar-refractivity contribution in [1.29, 1.82) is 15.8 Å². The molecule has 9 aromatic heterocycles. The molecule has 120 heavy (non-hydrogen) atoms. The van der Waals surface area contributed by atoms with Gasteiger partial charge in [0.15, 0.2) is 34.9 Å². The SMILES string of the molecule is CCN1CCC(C#N)(C(C)c2ccc(Nc3ncc(F)c(-c4cc(F)c5nc(C)n(C(C)C)c5c4)n3)nc2)CC1.CCN1CCC(C#N)([C@@H](C)c2ccc(Nc3ncc(F)c(-c4cc(F)c5nc(C)n(C(C)C)c5c4)n3)nc2)CC1.CCN1CCC(C#N)([C@H](C)c2ccc(Nc3ncc(F)c(-c4cc(F)c5nc(C)n(C(C)C)c5c4)n3)nc2)CC1. The fourth-order valence-corrected chi connectivity index (χ4v) is 17.3. The van der Waals surface area contributed by atoms with Gasteiger partial charge < -0.3 is 44.4 Å². The van der Waals surface area contributed by atoms with Gasteiger partial charge in [-0.3, -0.25) is 0 Å². The first-order valence-corrected chi connectivity index (χ1v) is 41.2. The number of hydrogen-bond acceptors (Lipinski definition) is 21. The lowest BCUT2D eigenvalue weighted by molar-refractivity contribution is 0.132. The molecule has 3 saturated heterocycles. The van der Waals surface area contributed by atoms with Crippen molar-refractivity contribution in [3.63, 3.8) is 0 Å². The van der Waals surface area contributed by atoms with Crippen molar-refractivity contribution in [1.82, 2.24) is 88.2 Å². The van der Waals surface area contributed by atoms with Crippen LogP contribution in [0.4, 0.5) is 61.6 Å². The third-order valence-corrected chi connectivity index (χ3v) is 24.7. The zero-order chi connectivity index (χ0) is 85.8. The highest BCUT2D eigenvalue weighted by molar-refractivity contribution is 5.85. The topological polar surface area (TPSA) is 287 Å². The fraction of sp³-hybridized carbons (Fsp3) is 0.433. The minimum absolute atomic E-state index is 0.0212. The van der Waals surface area contributed by atoms with E-state index < -0.39 is 51.1 Å². The smallest absolute Gasteiger partial charge is 0.229 e. The second kappa shape index (κ2) is 36.0. The Hall–Kier alpha value is -11.9. The molecule has 0 saturated carbocycles. The minimum Gasteiger partial charge on any atom is -0.326 e. The normalized spacial score (nSPS) is 16.3. The minimum atomic E-state index is -0.662. The Morgan fingerprint density at radius 3 is 0.808 bits per heavy atom. The highest BCUT2D eigenvalue weighted by Crippen LogP contribution is 2.48. The van der Waals surface area contributed by atoms with Gasteiger partial charge in [0.2, 0.25) is 17.8 Å². The third-order valence-electron chi connectivity index (χ3n) is 24.7. The lowest BCUT2D eigenvalue weighted by atomic mass is 9.68. The first kappa shape index (κ1) is 86.0. The molecule has 3 aliphatic rings. The number of aromatic nitrogens is 15. The average Bonchev–Trinajstić information content (AvgIpc) is 1.57. The van der Waals surface area contributed by atoms with Crippen molar-refractivity contribution < 1.29 is 26.3 Å². The number of imidazole rings is 3. The van der Waals surface area contributed by atoms with Crippen LogP contribution in [0.2, 0.25) is 0 Å². The number of nitriles is 3. The first-order valence-electron chi connectivity index (χ1n) is 41.2. The predicted octanol–water partition coefficient (Wildman–Crippen LogP) is 19.6. The zero-order valence-corrected chi connectivity index (χ0v) is 70.6. The number of nitrogens with zero attached hydrogens (tertiary/aromatic N) is 21. The number of likely N-dealkylation sites (tertiary alicyclic amines) is 3. The van der Waals surface area contributed by atoms with Crippen LogP contribution in [0.25, 0.3) is 66.9 Å². The molecule has 15 rings (SSSR count). The molecule has 0 bridgehead atoms. The first-order chi connectivity index (χ1) is 57.5. The van der Waals surface area contributed by atoms with Crippen molar-refractivity contribution in [2.45, 2.75) is 178 Å². The molecule has 0 spiro atoms. The van der Waals surface area contributed by atoms with E-state index in [9.17, 15) is 29.0 Å². The van der Waals surface area contributed by atoms with Gasteiger partial charge in [0.25, 0.3) is 0 Å². The van der Waals surface area contributed by atoms with Gasteiger partial charge in [-0.2, -0.15) is 15.8 Å². The molecule has 24 nitrogen and oxygen atoms in total. The maximum atomic E-state index is 15.0. The summed E-state index contributed by atoms with van der Waals surface area (Å²) >= 11 is 0.